The summed E-state index contributed by atoms with van der Waals surface area (Å²) in [5.74, 6) is 0. The Balaban J connectivity index is 2.04. The highest BCUT2D eigenvalue weighted by Crippen LogP contribution is 2.07. The van der Waals surface area contributed by atoms with Gasteiger partial charge < -0.3 is 10.3 Å². The van der Waals surface area contributed by atoms with Crippen molar-refractivity contribution in [2.75, 3.05) is 13.1 Å². The number of aromatic nitrogens is 2. The van der Waals surface area contributed by atoms with Gasteiger partial charge in [-0.05, 0) is 19.4 Å². The quantitative estimate of drug-likeness (QED) is 0.649. The zero-order valence-electron chi connectivity index (χ0n) is 8.23. The molecular formula is C8H14N4O2S. The average molecular weight is 230 g/mol. The van der Waals surface area contributed by atoms with Gasteiger partial charge in [-0.2, -0.15) is 0 Å². The van der Waals surface area contributed by atoms with E-state index in [-0.39, 0.29) is 11.1 Å². The third-order valence-corrected chi connectivity index (χ3v) is 3.83. The molecule has 0 unspecified atom stereocenters. The van der Waals surface area contributed by atoms with Crippen molar-refractivity contribution in [3.8, 4) is 0 Å². The van der Waals surface area contributed by atoms with Gasteiger partial charge in [0.25, 0.3) is 10.0 Å². The molecule has 1 atom stereocenters. The Labute approximate surface area is 88.5 Å². The summed E-state index contributed by atoms with van der Waals surface area (Å²) in [6.07, 6.45) is 4.53. The number of imidazole rings is 1. The van der Waals surface area contributed by atoms with E-state index in [9.17, 15) is 8.42 Å². The van der Waals surface area contributed by atoms with E-state index in [1.165, 1.54) is 12.5 Å². The molecule has 0 bridgehead atoms. The van der Waals surface area contributed by atoms with E-state index in [1.54, 1.807) is 0 Å². The topological polar surface area (TPSA) is 86.9 Å². The van der Waals surface area contributed by atoms with Crippen LogP contribution in [0.4, 0.5) is 0 Å². The first-order chi connectivity index (χ1) is 7.18. The molecule has 0 aromatic carbocycles. The number of nitrogens with one attached hydrogen (secondary N) is 3. The molecule has 1 fully saturated rings. The maximum atomic E-state index is 11.8. The van der Waals surface area contributed by atoms with E-state index in [2.05, 4.69) is 20.0 Å². The Morgan fingerprint density at radius 2 is 2.40 bits per heavy atom. The van der Waals surface area contributed by atoms with Crippen molar-refractivity contribution < 1.29 is 8.42 Å². The minimum atomic E-state index is -3.42. The van der Waals surface area contributed by atoms with Gasteiger partial charge in [0, 0.05) is 12.6 Å². The van der Waals surface area contributed by atoms with Gasteiger partial charge in [-0.1, -0.05) is 0 Å². The van der Waals surface area contributed by atoms with Crippen molar-refractivity contribution in [3.63, 3.8) is 0 Å². The van der Waals surface area contributed by atoms with Crippen molar-refractivity contribution >= 4 is 10.0 Å². The SMILES string of the molecule is O=S(=O)(N[C@H]1CCCNC1)c1cnc[nH]1. The van der Waals surface area contributed by atoms with E-state index >= 15 is 0 Å². The summed E-state index contributed by atoms with van der Waals surface area (Å²) in [7, 11) is -3.42. The summed E-state index contributed by atoms with van der Waals surface area (Å²) in [5, 5.41) is 3.27. The number of hydrogen-bond donors (Lipinski definition) is 3. The molecule has 1 aliphatic heterocycles. The Bertz CT molecular complexity index is 394. The van der Waals surface area contributed by atoms with Crippen LogP contribution in [-0.2, 0) is 10.0 Å². The fourth-order valence-electron chi connectivity index (χ4n) is 1.63. The molecule has 3 N–H and O–H groups in total. The van der Waals surface area contributed by atoms with Crippen LogP contribution in [0.2, 0.25) is 0 Å². The van der Waals surface area contributed by atoms with E-state index in [0.717, 1.165) is 19.4 Å². The average Bonchev–Trinajstić information content (AvgIpc) is 2.71. The molecule has 0 saturated carbocycles. The van der Waals surface area contributed by atoms with Gasteiger partial charge in [0.15, 0.2) is 5.03 Å². The molecule has 0 spiro atoms. The number of hydrogen-bond acceptors (Lipinski definition) is 4. The molecule has 6 nitrogen and oxygen atoms in total. The molecular weight excluding hydrogens is 216 g/mol. The molecule has 15 heavy (non-hydrogen) atoms. The van der Waals surface area contributed by atoms with Gasteiger partial charge in [-0.15, -0.1) is 0 Å². The molecule has 2 heterocycles. The number of aromatic amines is 1. The number of rotatable bonds is 3. The van der Waals surface area contributed by atoms with E-state index in [0.29, 0.717) is 6.54 Å². The van der Waals surface area contributed by atoms with Crippen molar-refractivity contribution in [3.05, 3.63) is 12.5 Å². The van der Waals surface area contributed by atoms with Gasteiger partial charge >= 0.3 is 0 Å². The van der Waals surface area contributed by atoms with Gasteiger partial charge in [0.1, 0.15) is 0 Å². The number of H-pyrrole nitrogens is 1. The molecule has 1 saturated heterocycles. The summed E-state index contributed by atoms with van der Waals surface area (Å²) < 4.78 is 26.1. The highest BCUT2D eigenvalue weighted by atomic mass is 32.2. The van der Waals surface area contributed by atoms with Crippen LogP contribution in [0.25, 0.3) is 0 Å². The fourth-order valence-corrected chi connectivity index (χ4v) is 2.80. The van der Waals surface area contributed by atoms with Crippen LogP contribution in [0.15, 0.2) is 17.6 Å². The van der Waals surface area contributed by atoms with Crippen molar-refractivity contribution in [2.24, 2.45) is 0 Å². The second kappa shape index (κ2) is 4.30. The Kier molecular flexibility index (Phi) is 3.03. The minimum absolute atomic E-state index is 0.0213. The third kappa shape index (κ3) is 2.55. The van der Waals surface area contributed by atoms with Crippen LogP contribution >= 0.6 is 0 Å². The first-order valence-corrected chi connectivity index (χ1v) is 6.38. The highest BCUT2D eigenvalue weighted by Gasteiger charge is 2.22. The van der Waals surface area contributed by atoms with Gasteiger partial charge in [-0.3, -0.25) is 0 Å². The summed E-state index contributed by atoms with van der Waals surface area (Å²) in [4.78, 5) is 6.28. The zero-order chi connectivity index (χ0) is 10.7. The zero-order valence-corrected chi connectivity index (χ0v) is 9.05. The standard InChI is InChI=1S/C8H14N4O2S/c13-15(14,8-5-10-6-11-8)12-7-2-1-3-9-4-7/h5-7,9,12H,1-4H2,(H,10,11)/t7-/m0/s1. The summed E-state index contributed by atoms with van der Waals surface area (Å²) in [6, 6.07) is -0.0213. The van der Waals surface area contributed by atoms with E-state index < -0.39 is 10.0 Å². The molecule has 1 aliphatic rings. The minimum Gasteiger partial charge on any atom is -0.335 e. The smallest absolute Gasteiger partial charge is 0.257 e. The second-order valence-electron chi connectivity index (χ2n) is 3.58. The Morgan fingerprint density at radius 3 is 3.00 bits per heavy atom. The van der Waals surface area contributed by atoms with E-state index in [4.69, 9.17) is 0 Å². The monoisotopic (exact) mass is 230 g/mol. The van der Waals surface area contributed by atoms with Crippen molar-refractivity contribution in [1.29, 1.82) is 0 Å². The third-order valence-electron chi connectivity index (χ3n) is 2.38. The number of nitrogens with zero attached hydrogens (tertiary/aromatic N) is 1. The van der Waals surface area contributed by atoms with Crippen LogP contribution in [0.3, 0.4) is 0 Å². The second-order valence-corrected chi connectivity index (χ2v) is 5.26. The maximum Gasteiger partial charge on any atom is 0.257 e. The molecule has 84 valence electrons. The first-order valence-electron chi connectivity index (χ1n) is 4.90. The summed E-state index contributed by atoms with van der Waals surface area (Å²) >= 11 is 0. The largest absolute Gasteiger partial charge is 0.335 e. The van der Waals surface area contributed by atoms with Crippen molar-refractivity contribution in [2.45, 2.75) is 23.9 Å². The van der Waals surface area contributed by atoms with Crippen LogP contribution in [0, 0.1) is 0 Å². The summed E-state index contributed by atoms with van der Waals surface area (Å²) in [5.41, 5.74) is 0. The Morgan fingerprint density at radius 1 is 1.53 bits per heavy atom. The Hall–Kier alpha value is -0.920. The molecule has 7 heteroatoms. The number of piperidine rings is 1. The fraction of sp³-hybridized carbons (Fsp3) is 0.625. The lowest BCUT2D eigenvalue weighted by Crippen LogP contribution is -2.45. The van der Waals surface area contributed by atoms with Gasteiger partial charge in [0.2, 0.25) is 0 Å². The summed E-state index contributed by atoms with van der Waals surface area (Å²) in [6.45, 7) is 1.65. The molecule has 1 aromatic heterocycles. The highest BCUT2D eigenvalue weighted by molar-refractivity contribution is 7.89. The molecule has 1 aromatic rings. The van der Waals surface area contributed by atoms with Crippen molar-refractivity contribution in [1.82, 2.24) is 20.0 Å². The first kappa shape index (κ1) is 10.6. The molecule has 0 amide bonds. The maximum absolute atomic E-state index is 11.8. The van der Waals surface area contributed by atoms with Gasteiger partial charge in [0.05, 0.1) is 12.5 Å². The van der Waals surface area contributed by atoms with Crippen LogP contribution < -0.4 is 10.0 Å². The lowest BCUT2D eigenvalue weighted by molar-refractivity contribution is 0.428. The van der Waals surface area contributed by atoms with E-state index in [1.807, 2.05) is 0 Å². The lowest BCUT2D eigenvalue weighted by atomic mass is 10.1. The van der Waals surface area contributed by atoms with Crippen LogP contribution in [0.1, 0.15) is 12.8 Å². The molecule has 2 rings (SSSR count). The molecule has 0 aliphatic carbocycles. The predicted octanol–water partition coefficient (Wildman–Crippen LogP) is -0.560. The normalized spacial score (nSPS) is 22.8. The van der Waals surface area contributed by atoms with Gasteiger partial charge in [-0.25, -0.2) is 18.1 Å². The van der Waals surface area contributed by atoms with Crippen LogP contribution in [-0.4, -0.2) is 37.5 Å². The number of sulfonamides is 1. The molecule has 0 radical (unpaired) electrons. The predicted molar refractivity (Wildman–Crippen MR) is 54.8 cm³/mol. The van der Waals surface area contributed by atoms with Crippen LogP contribution in [0.5, 0.6) is 0 Å². The lowest BCUT2D eigenvalue weighted by Gasteiger charge is -2.23.